The second kappa shape index (κ2) is 12.8. The molecule has 34 heavy (non-hydrogen) atoms. The third kappa shape index (κ3) is 7.79. The number of aromatic nitrogens is 4. The highest BCUT2D eigenvalue weighted by atomic mass is 15.2. The summed E-state index contributed by atoms with van der Waals surface area (Å²) in [6.45, 7) is 8.47. The highest BCUT2D eigenvalue weighted by Crippen LogP contribution is 2.14. The SMILES string of the molecule is CN(CCCCN1CCCCC1)Cc1ccc(CN(Cc2ncc[nH]2)Cc2nccn2C)cc1. The first kappa shape index (κ1) is 24.6. The van der Waals surface area contributed by atoms with Gasteiger partial charge in [0, 0.05) is 44.9 Å². The standard InChI is InChI=1S/C27H41N7/c1-31(15-6-7-18-33-16-4-3-5-17-33)20-24-8-10-25(11-9-24)21-34(22-26-28-12-13-29-26)23-27-30-14-19-32(27)2/h8-14,19H,3-7,15-18,20-23H2,1-2H3,(H,28,29). The van der Waals surface area contributed by atoms with Gasteiger partial charge < -0.3 is 19.4 Å². The zero-order valence-electron chi connectivity index (χ0n) is 21.0. The molecular weight excluding hydrogens is 422 g/mol. The Kier molecular flexibility index (Phi) is 9.30. The third-order valence-electron chi connectivity index (χ3n) is 6.81. The second-order valence-corrected chi connectivity index (χ2v) is 9.80. The van der Waals surface area contributed by atoms with Gasteiger partial charge in [-0.25, -0.2) is 9.97 Å². The Morgan fingerprint density at radius 2 is 1.65 bits per heavy atom. The molecule has 3 heterocycles. The van der Waals surface area contributed by atoms with Gasteiger partial charge in [-0.15, -0.1) is 0 Å². The first-order chi connectivity index (χ1) is 16.7. The minimum atomic E-state index is 0.766. The Hall–Kier alpha value is -2.48. The first-order valence-corrected chi connectivity index (χ1v) is 12.8. The van der Waals surface area contributed by atoms with Gasteiger partial charge in [0.15, 0.2) is 0 Å². The number of unbranched alkanes of at least 4 members (excludes halogenated alkanes) is 1. The summed E-state index contributed by atoms with van der Waals surface area (Å²) in [5, 5.41) is 0. The Balaban J connectivity index is 1.24. The van der Waals surface area contributed by atoms with Gasteiger partial charge in [-0.3, -0.25) is 4.90 Å². The molecular formula is C27H41N7. The van der Waals surface area contributed by atoms with Gasteiger partial charge in [0.25, 0.3) is 0 Å². The molecule has 1 N–H and O–H groups in total. The number of aryl methyl sites for hydroxylation is 1. The van der Waals surface area contributed by atoms with Gasteiger partial charge >= 0.3 is 0 Å². The number of benzene rings is 1. The Morgan fingerprint density at radius 1 is 0.882 bits per heavy atom. The average Bonchev–Trinajstić information content (AvgIpc) is 3.50. The van der Waals surface area contributed by atoms with Gasteiger partial charge in [0.1, 0.15) is 11.6 Å². The number of hydrogen-bond acceptors (Lipinski definition) is 5. The normalized spacial score (nSPS) is 14.9. The van der Waals surface area contributed by atoms with E-state index in [0.29, 0.717) is 0 Å². The molecule has 4 rings (SSSR count). The van der Waals surface area contributed by atoms with Crippen molar-refractivity contribution in [1.82, 2.24) is 34.2 Å². The lowest BCUT2D eigenvalue weighted by Crippen LogP contribution is -2.31. The summed E-state index contributed by atoms with van der Waals surface area (Å²) in [7, 11) is 4.29. The molecule has 0 atom stereocenters. The van der Waals surface area contributed by atoms with Crippen molar-refractivity contribution >= 4 is 0 Å². The Bertz CT molecular complexity index is 942. The smallest absolute Gasteiger partial charge is 0.122 e. The maximum atomic E-state index is 4.51. The van der Waals surface area contributed by atoms with Crippen molar-refractivity contribution in [3.8, 4) is 0 Å². The molecule has 7 heteroatoms. The molecule has 1 aliphatic heterocycles. The number of nitrogens with zero attached hydrogens (tertiary/aromatic N) is 6. The van der Waals surface area contributed by atoms with Crippen LogP contribution in [-0.2, 0) is 33.2 Å². The largest absolute Gasteiger partial charge is 0.348 e. The molecule has 1 aliphatic rings. The number of likely N-dealkylation sites (tertiary alicyclic amines) is 1. The number of nitrogens with one attached hydrogen (secondary N) is 1. The lowest BCUT2D eigenvalue weighted by molar-refractivity contribution is 0.218. The van der Waals surface area contributed by atoms with Crippen LogP contribution in [0, 0.1) is 0 Å². The minimum Gasteiger partial charge on any atom is -0.348 e. The average molecular weight is 464 g/mol. The molecule has 184 valence electrons. The van der Waals surface area contributed by atoms with E-state index in [1.165, 1.54) is 62.9 Å². The van der Waals surface area contributed by atoms with E-state index >= 15 is 0 Å². The lowest BCUT2D eigenvalue weighted by atomic mass is 10.1. The molecule has 0 radical (unpaired) electrons. The number of aromatic amines is 1. The molecule has 1 aromatic carbocycles. The van der Waals surface area contributed by atoms with Crippen molar-refractivity contribution < 1.29 is 0 Å². The number of hydrogen-bond donors (Lipinski definition) is 1. The van der Waals surface area contributed by atoms with E-state index in [0.717, 1.165) is 44.4 Å². The van der Waals surface area contributed by atoms with Crippen LogP contribution in [0.5, 0.6) is 0 Å². The van der Waals surface area contributed by atoms with Crippen molar-refractivity contribution in [2.24, 2.45) is 7.05 Å². The first-order valence-electron chi connectivity index (χ1n) is 12.8. The fourth-order valence-corrected chi connectivity index (χ4v) is 4.81. The van der Waals surface area contributed by atoms with Crippen LogP contribution in [0.25, 0.3) is 0 Å². The molecule has 0 saturated carbocycles. The monoisotopic (exact) mass is 463 g/mol. The predicted molar refractivity (Wildman–Crippen MR) is 137 cm³/mol. The topological polar surface area (TPSA) is 56.2 Å². The van der Waals surface area contributed by atoms with Crippen LogP contribution >= 0.6 is 0 Å². The molecule has 0 amide bonds. The van der Waals surface area contributed by atoms with E-state index in [1.807, 2.05) is 31.8 Å². The van der Waals surface area contributed by atoms with Crippen LogP contribution in [0.3, 0.4) is 0 Å². The maximum Gasteiger partial charge on any atom is 0.122 e. The van der Waals surface area contributed by atoms with E-state index in [-0.39, 0.29) is 0 Å². The molecule has 1 saturated heterocycles. The van der Waals surface area contributed by atoms with E-state index in [2.05, 4.69) is 65.5 Å². The van der Waals surface area contributed by atoms with Crippen molar-refractivity contribution in [2.75, 3.05) is 33.2 Å². The summed E-state index contributed by atoms with van der Waals surface area (Å²) in [6, 6.07) is 9.11. The number of rotatable bonds is 13. The van der Waals surface area contributed by atoms with E-state index in [1.54, 1.807) is 0 Å². The van der Waals surface area contributed by atoms with Gasteiger partial charge in [-0.2, -0.15) is 0 Å². The van der Waals surface area contributed by atoms with Crippen molar-refractivity contribution in [2.45, 2.75) is 58.3 Å². The van der Waals surface area contributed by atoms with Gasteiger partial charge in [0.05, 0.1) is 13.1 Å². The number of piperidine rings is 1. The summed E-state index contributed by atoms with van der Waals surface area (Å²) >= 11 is 0. The molecule has 2 aromatic heterocycles. The number of imidazole rings is 2. The molecule has 1 fully saturated rings. The van der Waals surface area contributed by atoms with E-state index < -0.39 is 0 Å². The lowest BCUT2D eigenvalue weighted by Gasteiger charge is -2.26. The highest BCUT2D eigenvalue weighted by molar-refractivity contribution is 5.22. The van der Waals surface area contributed by atoms with Crippen molar-refractivity contribution in [3.63, 3.8) is 0 Å². The fourth-order valence-electron chi connectivity index (χ4n) is 4.81. The van der Waals surface area contributed by atoms with Crippen LogP contribution in [-0.4, -0.2) is 67.4 Å². The van der Waals surface area contributed by atoms with Crippen LogP contribution in [0.2, 0.25) is 0 Å². The second-order valence-electron chi connectivity index (χ2n) is 9.80. The zero-order chi connectivity index (χ0) is 23.6. The van der Waals surface area contributed by atoms with Crippen LogP contribution in [0.15, 0.2) is 49.1 Å². The van der Waals surface area contributed by atoms with Gasteiger partial charge in [0.2, 0.25) is 0 Å². The quantitative estimate of drug-likeness (QED) is 0.388. The van der Waals surface area contributed by atoms with Crippen molar-refractivity contribution in [1.29, 1.82) is 0 Å². The highest BCUT2D eigenvalue weighted by Gasteiger charge is 2.13. The fraction of sp³-hybridized carbons (Fsp3) is 0.556. The Morgan fingerprint density at radius 3 is 2.32 bits per heavy atom. The maximum absolute atomic E-state index is 4.51. The molecule has 3 aromatic rings. The van der Waals surface area contributed by atoms with E-state index in [4.69, 9.17) is 0 Å². The van der Waals surface area contributed by atoms with Crippen LogP contribution in [0.4, 0.5) is 0 Å². The summed E-state index contributed by atoms with van der Waals surface area (Å²) in [6.07, 6.45) is 14.3. The Labute approximate surface area is 204 Å². The third-order valence-corrected chi connectivity index (χ3v) is 6.81. The summed E-state index contributed by atoms with van der Waals surface area (Å²) < 4.78 is 2.08. The molecule has 0 unspecified atom stereocenters. The molecule has 7 nitrogen and oxygen atoms in total. The zero-order valence-corrected chi connectivity index (χ0v) is 21.0. The summed E-state index contributed by atoms with van der Waals surface area (Å²) in [5.74, 6) is 2.04. The molecule has 0 bridgehead atoms. The van der Waals surface area contributed by atoms with Crippen LogP contribution in [0.1, 0.15) is 54.9 Å². The minimum absolute atomic E-state index is 0.766. The summed E-state index contributed by atoms with van der Waals surface area (Å²) in [4.78, 5) is 19.6. The van der Waals surface area contributed by atoms with Gasteiger partial charge in [-0.05, 0) is 70.0 Å². The van der Waals surface area contributed by atoms with Crippen LogP contribution < -0.4 is 0 Å². The number of H-pyrrole nitrogens is 1. The van der Waals surface area contributed by atoms with Gasteiger partial charge in [-0.1, -0.05) is 30.7 Å². The molecule has 0 aliphatic carbocycles. The molecule has 0 spiro atoms. The predicted octanol–water partition coefficient (Wildman–Crippen LogP) is 4.04. The summed E-state index contributed by atoms with van der Waals surface area (Å²) in [5.41, 5.74) is 2.69. The van der Waals surface area contributed by atoms with Crippen molar-refractivity contribution in [3.05, 3.63) is 71.8 Å². The van der Waals surface area contributed by atoms with E-state index in [9.17, 15) is 0 Å².